The summed E-state index contributed by atoms with van der Waals surface area (Å²) in [7, 11) is 0. The fourth-order valence-corrected chi connectivity index (χ4v) is 10.3. The van der Waals surface area contributed by atoms with Crippen LogP contribution in [-0.2, 0) is 12.8 Å². The zero-order valence-electron chi connectivity index (χ0n) is 39.7. The van der Waals surface area contributed by atoms with E-state index in [0.717, 1.165) is 58.3 Å². The molecule has 11 rings (SSSR count). The number of fused-ring (bicyclic) bond motifs is 6. The molecule has 0 saturated heterocycles. The molecule has 0 spiro atoms. The highest BCUT2D eigenvalue weighted by atomic mass is 15.2. The van der Waals surface area contributed by atoms with Crippen molar-refractivity contribution in [2.75, 3.05) is 9.80 Å². The summed E-state index contributed by atoms with van der Waals surface area (Å²) >= 11 is 0. The second kappa shape index (κ2) is 18.5. The lowest BCUT2D eigenvalue weighted by Gasteiger charge is -2.29. The second-order valence-corrected chi connectivity index (χ2v) is 18.5. The van der Waals surface area contributed by atoms with Gasteiger partial charge in [0.05, 0.1) is 22.1 Å². The third-order valence-corrected chi connectivity index (χ3v) is 13.8. The van der Waals surface area contributed by atoms with Gasteiger partial charge in [0.1, 0.15) is 0 Å². The van der Waals surface area contributed by atoms with E-state index in [2.05, 4.69) is 253 Å². The summed E-state index contributed by atoms with van der Waals surface area (Å²) in [6.45, 7) is 8.87. The van der Waals surface area contributed by atoms with Crippen LogP contribution in [0.1, 0.15) is 61.8 Å². The predicted octanol–water partition coefficient (Wildman–Crippen LogP) is 18.1. The van der Waals surface area contributed by atoms with Gasteiger partial charge in [0.25, 0.3) is 0 Å². The van der Waals surface area contributed by atoms with E-state index in [9.17, 15) is 0 Å². The van der Waals surface area contributed by atoms with Crippen LogP contribution < -0.4 is 9.80 Å². The van der Waals surface area contributed by atoms with Crippen molar-refractivity contribution in [2.45, 2.75) is 66.2 Å². The van der Waals surface area contributed by atoms with Crippen molar-refractivity contribution >= 4 is 77.7 Å². The third-order valence-electron chi connectivity index (χ3n) is 13.8. The molecule has 0 radical (unpaired) electrons. The Morgan fingerprint density at radius 3 is 0.985 bits per heavy atom. The van der Waals surface area contributed by atoms with Crippen LogP contribution >= 0.6 is 0 Å². The summed E-state index contributed by atoms with van der Waals surface area (Å²) in [5.74, 6) is 0. The molecule has 0 aliphatic heterocycles. The molecule has 0 amide bonds. The molecule has 334 valence electrons. The van der Waals surface area contributed by atoms with Crippen molar-refractivity contribution < 1.29 is 0 Å². The normalized spacial score (nSPS) is 11.6. The lowest BCUT2D eigenvalue weighted by Crippen LogP contribution is -2.12. The molecule has 0 aliphatic rings. The van der Waals surface area contributed by atoms with Gasteiger partial charge in [-0.25, -0.2) is 0 Å². The van der Waals surface area contributed by atoms with E-state index in [1.807, 2.05) is 0 Å². The molecule has 68 heavy (non-hydrogen) atoms. The first kappa shape index (κ1) is 42.8. The fourth-order valence-electron chi connectivity index (χ4n) is 10.3. The van der Waals surface area contributed by atoms with Gasteiger partial charge in [0, 0.05) is 67.0 Å². The van der Waals surface area contributed by atoms with Crippen molar-refractivity contribution in [2.24, 2.45) is 0 Å². The predicted molar refractivity (Wildman–Crippen MR) is 291 cm³/mol. The van der Waals surface area contributed by atoms with Crippen LogP contribution in [0.25, 0.3) is 55.0 Å². The molecule has 2 aromatic heterocycles. The highest BCUT2D eigenvalue weighted by Gasteiger charge is 2.19. The summed E-state index contributed by atoms with van der Waals surface area (Å²) in [5.41, 5.74) is 19.1. The van der Waals surface area contributed by atoms with E-state index in [1.54, 1.807) is 0 Å². The summed E-state index contributed by atoms with van der Waals surface area (Å²) in [6, 6.07) is 76.7. The van der Waals surface area contributed by atoms with E-state index in [0.29, 0.717) is 0 Å². The van der Waals surface area contributed by atoms with Crippen LogP contribution in [-0.4, -0.2) is 9.13 Å². The molecule has 4 heteroatoms. The van der Waals surface area contributed by atoms with Gasteiger partial charge in [0.15, 0.2) is 0 Å². The molecule has 0 bridgehead atoms. The molecule has 0 unspecified atom stereocenters. The first-order valence-corrected chi connectivity index (χ1v) is 24.5. The minimum Gasteiger partial charge on any atom is -0.311 e. The molecule has 0 saturated carbocycles. The highest BCUT2D eigenvalue weighted by Crippen LogP contribution is 2.41. The standard InChI is InChI=1S/C64H58N4/c1-5-7-13-47-21-25-49(26-22-47)65(53-33-37-55(38-34-53)67-61-17-11-9-15-57(61)59-43-45(3)19-41-63(59)67)51-29-31-52(32-30-51)66(50-27-23-48(24-28-50)14-8-6-2)54-35-39-56(40-36-54)68-62-18-12-10-16-58(62)60-44-46(4)20-42-64(60)68/h9-12,15-44H,5-8,13-14H2,1-4H3. The van der Waals surface area contributed by atoms with Gasteiger partial charge in [-0.1, -0.05) is 111 Å². The number of aryl methyl sites for hydroxylation is 4. The van der Waals surface area contributed by atoms with E-state index >= 15 is 0 Å². The average molecular weight is 883 g/mol. The van der Waals surface area contributed by atoms with Crippen molar-refractivity contribution in [1.82, 2.24) is 9.13 Å². The van der Waals surface area contributed by atoms with Crippen molar-refractivity contribution in [3.63, 3.8) is 0 Å². The van der Waals surface area contributed by atoms with Gasteiger partial charge in [-0.05, 0) is 184 Å². The zero-order valence-corrected chi connectivity index (χ0v) is 39.7. The Bertz CT molecular complexity index is 3280. The molecule has 4 nitrogen and oxygen atoms in total. The van der Waals surface area contributed by atoms with Crippen LogP contribution in [0.2, 0.25) is 0 Å². The van der Waals surface area contributed by atoms with Gasteiger partial charge in [-0.15, -0.1) is 0 Å². The Balaban J connectivity index is 0.982. The zero-order chi connectivity index (χ0) is 46.1. The maximum absolute atomic E-state index is 2.40. The smallest absolute Gasteiger partial charge is 0.0541 e. The van der Waals surface area contributed by atoms with Gasteiger partial charge in [0.2, 0.25) is 0 Å². The van der Waals surface area contributed by atoms with Crippen LogP contribution in [0, 0.1) is 13.8 Å². The molecular formula is C64H58N4. The van der Waals surface area contributed by atoms with Crippen LogP contribution in [0.5, 0.6) is 0 Å². The van der Waals surface area contributed by atoms with Crippen molar-refractivity contribution in [3.05, 3.63) is 229 Å². The number of benzene rings is 9. The SMILES string of the molecule is CCCCc1ccc(N(c2ccc(N(c3ccc(CCCC)cc3)c3ccc(-n4c5ccccc5c5cc(C)ccc54)cc3)cc2)c2ccc(-n3c4ccccc4c4cc(C)ccc43)cc2)cc1. The van der Waals surface area contributed by atoms with Gasteiger partial charge < -0.3 is 18.9 Å². The minimum absolute atomic E-state index is 1.09. The number of rotatable bonds is 14. The van der Waals surface area contributed by atoms with E-state index in [-0.39, 0.29) is 0 Å². The number of hydrogen-bond donors (Lipinski definition) is 0. The summed E-state index contributed by atoms with van der Waals surface area (Å²) in [6.07, 6.45) is 6.93. The van der Waals surface area contributed by atoms with Gasteiger partial charge in [-0.2, -0.15) is 0 Å². The summed E-state index contributed by atoms with van der Waals surface area (Å²) in [4.78, 5) is 4.78. The maximum atomic E-state index is 2.40. The number of hydrogen-bond acceptors (Lipinski definition) is 2. The monoisotopic (exact) mass is 882 g/mol. The van der Waals surface area contributed by atoms with Crippen LogP contribution in [0.15, 0.2) is 206 Å². The number of nitrogens with zero attached hydrogens (tertiary/aromatic N) is 4. The second-order valence-electron chi connectivity index (χ2n) is 18.5. The molecule has 2 heterocycles. The molecule has 0 fully saturated rings. The first-order chi connectivity index (χ1) is 33.4. The highest BCUT2D eigenvalue weighted by molar-refractivity contribution is 6.10. The lowest BCUT2D eigenvalue weighted by molar-refractivity contribution is 0.795. The number of unbranched alkanes of at least 4 members (excludes halogenated alkanes) is 2. The van der Waals surface area contributed by atoms with Gasteiger partial charge in [-0.3, -0.25) is 0 Å². The molecule has 0 atom stereocenters. The third kappa shape index (κ3) is 8.00. The Morgan fingerprint density at radius 2 is 0.632 bits per heavy atom. The topological polar surface area (TPSA) is 16.3 Å². The van der Waals surface area contributed by atoms with Gasteiger partial charge >= 0.3 is 0 Å². The number of para-hydroxylation sites is 2. The molecule has 11 aromatic rings. The fraction of sp³-hybridized carbons (Fsp3) is 0.156. The van der Waals surface area contributed by atoms with E-state index < -0.39 is 0 Å². The van der Waals surface area contributed by atoms with Crippen molar-refractivity contribution in [1.29, 1.82) is 0 Å². The largest absolute Gasteiger partial charge is 0.311 e. The molecule has 9 aromatic carbocycles. The Labute approximate surface area is 401 Å². The van der Waals surface area contributed by atoms with Crippen LogP contribution in [0.4, 0.5) is 34.1 Å². The minimum atomic E-state index is 1.09. The lowest BCUT2D eigenvalue weighted by atomic mass is 10.1. The first-order valence-electron chi connectivity index (χ1n) is 24.5. The molecule has 0 aliphatic carbocycles. The Morgan fingerprint density at radius 1 is 0.324 bits per heavy atom. The Kier molecular flexibility index (Phi) is 11.6. The van der Waals surface area contributed by atoms with Crippen molar-refractivity contribution in [3.8, 4) is 11.4 Å². The van der Waals surface area contributed by atoms with E-state index in [4.69, 9.17) is 0 Å². The quantitative estimate of drug-likeness (QED) is 0.108. The number of aromatic nitrogens is 2. The molecule has 0 N–H and O–H groups in total. The molecular weight excluding hydrogens is 825 g/mol. The summed E-state index contributed by atoms with van der Waals surface area (Å²) in [5, 5.41) is 5.11. The van der Waals surface area contributed by atoms with Crippen LogP contribution in [0.3, 0.4) is 0 Å². The van der Waals surface area contributed by atoms with E-state index in [1.165, 1.54) is 91.5 Å². The number of anilines is 6. The average Bonchev–Trinajstić information content (AvgIpc) is 3.89. The Hall–Kier alpha value is -7.82. The summed E-state index contributed by atoms with van der Waals surface area (Å²) < 4.78 is 4.80. The maximum Gasteiger partial charge on any atom is 0.0541 e.